The first-order chi connectivity index (χ1) is 21.3. The Morgan fingerprint density at radius 3 is 2.40 bits per heavy atom. The molecule has 3 aliphatic heterocycles. The fourth-order valence-corrected chi connectivity index (χ4v) is 6.82. The van der Waals surface area contributed by atoms with Crippen molar-refractivity contribution in [2.75, 3.05) is 0 Å². The van der Waals surface area contributed by atoms with E-state index < -0.39 is 17.9 Å². The summed E-state index contributed by atoms with van der Waals surface area (Å²) in [7, 11) is 0. The summed E-state index contributed by atoms with van der Waals surface area (Å²) in [6.45, 7) is 11.4. The number of hydroxylamine groups is 1. The number of aliphatic carboxylic acids is 1. The van der Waals surface area contributed by atoms with Crippen LogP contribution in [0.15, 0.2) is 21.8 Å². The van der Waals surface area contributed by atoms with Crippen LogP contribution in [0.25, 0.3) is 6.08 Å². The van der Waals surface area contributed by atoms with Crippen LogP contribution in [0.1, 0.15) is 97.5 Å². The first-order valence-corrected chi connectivity index (χ1v) is 15.6. The number of rotatable bonds is 13. The van der Waals surface area contributed by atoms with E-state index in [-0.39, 0.29) is 48.0 Å². The van der Waals surface area contributed by atoms with E-state index in [0.29, 0.717) is 48.1 Å². The van der Waals surface area contributed by atoms with Gasteiger partial charge >= 0.3 is 5.97 Å². The number of hydrogen-bond acceptors (Lipinski definition) is 8. The molecule has 5 heterocycles. The Bertz CT molecular complexity index is 1640. The van der Waals surface area contributed by atoms with Gasteiger partial charge in [0.1, 0.15) is 5.71 Å². The lowest BCUT2D eigenvalue weighted by atomic mass is 9.91. The zero-order valence-corrected chi connectivity index (χ0v) is 26.7. The van der Waals surface area contributed by atoms with Crippen LogP contribution in [0.3, 0.4) is 0 Å². The monoisotopic (exact) mass is 621 g/mol. The van der Waals surface area contributed by atoms with Crippen molar-refractivity contribution < 1.29 is 34.5 Å². The molecule has 7 N–H and O–H groups in total. The van der Waals surface area contributed by atoms with Crippen molar-refractivity contribution in [1.29, 1.82) is 0 Å². The number of hydrogen-bond donors (Lipinski definition) is 7. The van der Waals surface area contributed by atoms with Crippen molar-refractivity contribution in [2.24, 2.45) is 16.8 Å². The summed E-state index contributed by atoms with van der Waals surface area (Å²) in [5.41, 5.74) is 10.2. The van der Waals surface area contributed by atoms with E-state index in [4.69, 9.17) is 9.83 Å². The van der Waals surface area contributed by atoms with Crippen LogP contribution < -0.4 is 10.8 Å². The molecule has 3 aliphatic rings. The highest BCUT2D eigenvalue weighted by atomic mass is 16.9. The third kappa shape index (κ3) is 6.27. The highest BCUT2D eigenvalue weighted by molar-refractivity contribution is 6.52. The van der Waals surface area contributed by atoms with Gasteiger partial charge in [0.25, 0.3) is 5.91 Å². The van der Waals surface area contributed by atoms with Gasteiger partial charge in [0.15, 0.2) is 5.88 Å². The maximum atomic E-state index is 13.8. The van der Waals surface area contributed by atoms with Gasteiger partial charge in [-0.3, -0.25) is 19.4 Å². The van der Waals surface area contributed by atoms with Gasteiger partial charge in [0.05, 0.1) is 11.7 Å². The van der Waals surface area contributed by atoms with E-state index in [2.05, 4.69) is 20.8 Å². The number of nitrogens with one attached hydrogen (secondary N) is 4. The van der Waals surface area contributed by atoms with Crippen LogP contribution >= 0.6 is 0 Å². The molecule has 0 bridgehead atoms. The van der Waals surface area contributed by atoms with Crippen LogP contribution in [-0.4, -0.2) is 60.6 Å². The van der Waals surface area contributed by atoms with Crippen LogP contribution in [0.5, 0.6) is 5.88 Å². The van der Waals surface area contributed by atoms with Crippen molar-refractivity contribution in [3.05, 3.63) is 56.2 Å². The molecular weight excluding hydrogens is 578 g/mol. The minimum absolute atomic E-state index is 0.0150. The summed E-state index contributed by atoms with van der Waals surface area (Å²) >= 11 is 0. The molecule has 45 heavy (non-hydrogen) atoms. The number of aromatic hydroxyl groups is 1. The van der Waals surface area contributed by atoms with E-state index >= 15 is 0 Å². The van der Waals surface area contributed by atoms with Crippen molar-refractivity contribution in [2.45, 2.75) is 98.4 Å². The van der Waals surface area contributed by atoms with E-state index in [0.717, 1.165) is 40.2 Å². The number of carboxylic acids is 1. The Hall–Kier alpha value is -4.00. The number of amides is 1. The largest absolute Gasteiger partial charge is 0.494 e. The topological polar surface area (TPSA) is 202 Å². The Labute approximate surface area is 262 Å². The van der Waals surface area contributed by atoms with Gasteiger partial charge in [0, 0.05) is 53.7 Å². The minimum Gasteiger partial charge on any atom is -0.494 e. The lowest BCUT2D eigenvalue weighted by molar-refractivity contribution is -0.137. The molecule has 2 aromatic heterocycles. The number of Topliss-reactive ketones (excluding diaryl/α,β-unsaturated/α-hetero) is 1. The molecule has 1 amide bonds. The van der Waals surface area contributed by atoms with Crippen molar-refractivity contribution >= 4 is 29.4 Å². The van der Waals surface area contributed by atoms with Crippen LogP contribution in [-0.2, 0) is 33.7 Å². The predicted octanol–water partition coefficient (Wildman–Crippen LogP) is 3.90. The fraction of sp³-hybridized carbons (Fsp3) is 0.515. The number of aromatic nitrogens is 2. The maximum Gasteiger partial charge on any atom is 0.303 e. The second-order valence-electron chi connectivity index (χ2n) is 12.4. The smallest absolute Gasteiger partial charge is 0.303 e. The standard InChI is InChI=1S/C33H43N5O7/c1-7-19-18(6)31(42)36-24(19)13-23-15(3)21(9-10-27(39)40)25(34-23)14-26-22(11-12-33(44)38-45-33)17(5)28(35-26)30(41)29-16(4)20(8-2)32(43)37-29/h13,18-19,26,34,37-38,43-44H,7-12,14H2,1-6H3,(H,36,42)(H,39,40)/b24-13-/t18-,19-,26?,33-/m1/s1. The first kappa shape index (κ1) is 32.4. The number of nitrogens with zero attached hydrogens (tertiary/aromatic N) is 1. The van der Waals surface area contributed by atoms with Gasteiger partial charge in [-0.1, -0.05) is 20.8 Å². The molecule has 0 aliphatic carbocycles. The average Bonchev–Trinajstić information content (AvgIpc) is 3.24. The molecule has 0 spiro atoms. The van der Waals surface area contributed by atoms with Crippen LogP contribution in [0.4, 0.5) is 0 Å². The number of carboxylic acid groups (broad SMARTS) is 1. The van der Waals surface area contributed by atoms with E-state index in [1.54, 1.807) is 6.92 Å². The molecular formula is C33H43N5O7. The molecule has 2 aromatic rings. The highest BCUT2D eigenvalue weighted by Gasteiger charge is 2.44. The second kappa shape index (κ2) is 12.4. The molecule has 0 saturated carbocycles. The number of carbonyl (C=O) groups excluding carboxylic acids is 2. The van der Waals surface area contributed by atoms with E-state index in [1.807, 2.05) is 40.7 Å². The Morgan fingerprint density at radius 2 is 1.80 bits per heavy atom. The number of aromatic amines is 2. The third-order valence-electron chi connectivity index (χ3n) is 9.66. The van der Waals surface area contributed by atoms with Crippen molar-refractivity contribution in [3.8, 4) is 5.88 Å². The van der Waals surface area contributed by atoms with Gasteiger partial charge in [-0.15, -0.1) is 5.48 Å². The van der Waals surface area contributed by atoms with E-state index in [1.165, 1.54) is 0 Å². The molecule has 12 heteroatoms. The summed E-state index contributed by atoms with van der Waals surface area (Å²) in [6, 6.07) is -0.461. The highest BCUT2D eigenvalue weighted by Crippen LogP contribution is 2.36. The Balaban J connectivity index is 1.53. The molecule has 0 aromatic carbocycles. The molecule has 242 valence electrons. The summed E-state index contributed by atoms with van der Waals surface area (Å²) in [4.78, 5) is 54.1. The van der Waals surface area contributed by atoms with Crippen LogP contribution in [0.2, 0.25) is 0 Å². The molecule has 1 unspecified atom stereocenters. The normalized spacial score (nSPS) is 25.3. The molecule has 0 radical (unpaired) electrons. The summed E-state index contributed by atoms with van der Waals surface area (Å²) in [6.07, 6.45) is 4.57. The second-order valence-corrected chi connectivity index (χ2v) is 12.4. The lowest BCUT2D eigenvalue weighted by Crippen LogP contribution is -2.17. The number of aliphatic imine (C=N–C) groups is 1. The Kier molecular flexibility index (Phi) is 8.94. The fourth-order valence-electron chi connectivity index (χ4n) is 6.82. The quantitative estimate of drug-likeness (QED) is 0.129. The van der Waals surface area contributed by atoms with Gasteiger partial charge in [-0.25, -0.2) is 4.84 Å². The zero-order chi connectivity index (χ0) is 32.8. The van der Waals surface area contributed by atoms with Crippen molar-refractivity contribution in [1.82, 2.24) is 20.8 Å². The molecule has 12 nitrogen and oxygen atoms in total. The van der Waals surface area contributed by atoms with Crippen LogP contribution in [0, 0.1) is 25.7 Å². The average molecular weight is 622 g/mol. The molecule has 4 atom stereocenters. The number of aliphatic hydroxyl groups is 1. The molecule has 2 fully saturated rings. The van der Waals surface area contributed by atoms with Gasteiger partial charge in [0.2, 0.25) is 11.7 Å². The summed E-state index contributed by atoms with van der Waals surface area (Å²) in [5, 5.41) is 33.2. The van der Waals surface area contributed by atoms with Gasteiger partial charge < -0.3 is 30.6 Å². The SMILES string of the molecule is CCc1c(O)[nH]c(C(=O)C2=NC(Cc3[nH]c(/C=C4\NC(=O)[C@H](C)[C@H]4CC)c(C)c3CCC(=O)O)C(CC[C@]3(O)NO3)=C2C)c1C. The number of carbonyl (C=O) groups is 3. The maximum absolute atomic E-state index is 13.8. The molecule has 5 rings (SSSR count). The number of H-pyrrole nitrogens is 2. The van der Waals surface area contributed by atoms with E-state index in [9.17, 15) is 29.7 Å². The zero-order valence-electron chi connectivity index (χ0n) is 26.7. The van der Waals surface area contributed by atoms with Gasteiger partial charge in [-0.05, 0) is 80.4 Å². The van der Waals surface area contributed by atoms with Crippen molar-refractivity contribution in [3.63, 3.8) is 0 Å². The summed E-state index contributed by atoms with van der Waals surface area (Å²) < 4.78 is 0. The first-order valence-electron chi connectivity index (χ1n) is 15.6. The third-order valence-corrected chi connectivity index (χ3v) is 9.66. The lowest BCUT2D eigenvalue weighted by Gasteiger charge is -2.15. The van der Waals surface area contributed by atoms with Gasteiger partial charge in [-0.2, -0.15) is 0 Å². The summed E-state index contributed by atoms with van der Waals surface area (Å²) in [5.74, 6) is -2.78. The number of allylic oxidation sites excluding steroid dienone is 2. The number of ketones is 1. The predicted molar refractivity (Wildman–Crippen MR) is 167 cm³/mol. The molecule has 2 saturated heterocycles. The Morgan fingerprint density at radius 1 is 1.09 bits per heavy atom. The minimum atomic E-state index is -1.42.